The van der Waals surface area contributed by atoms with E-state index in [1.807, 2.05) is 60.7 Å². The van der Waals surface area contributed by atoms with Crippen LogP contribution in [0, 0.1) is 0 Å². The van der Waals surface area contributed by atoms with Crippen molar-refractivity contribution < 1.29 is 14.3 Å². The van der Waals surface area contributed by atoms with Gasteiger partial charge in [-0.3, -0.25) is 20.4 Å². The number of carbonyl (C=O) groups excluding carboxylic acids is 2. The first-order valence-corrected chi connectivity index (χ1v) is 10.7. The predicted octanol–water partition coefficient (Wildman–Crippen LogP) is 4.88. The second kappa shape index (κ2) is 10.3. The first-order valence-electron chi connectivity index (χ1n) is 9.94. The van der Waals surface area contributed by atoms with Crippen molar-refractivity contribution in [3.63, 3.8) is 0 Å². The molecule has 0 aliphatic rings. The van der Waals surface area contributed by atoms with Crippen molar-refractivity contribution in [2.45, 2.75) is 32.6 Å². The molecule has 0 bridgehead atoms. The van der Waals surface area contributed by atoms with Crippen LogP contribution in [0.2, 0.25) is 0 Å². The lowest BCUT2D eigenvalue weighted by Crippen LogP contribution is -2.44. The monoisotopic (exact) mass is 468 g/mol. The van der Waals surface area contributed by atoms with E-state index in [9.17, 15) is 9.59 Å². The van der Waals surface area contributed by atoms with E-state index >= 15 is 0 Å². The van der Waals surface area contributed by atoms with Gasteiger partial charge in [0.1, 0.15) is 5.75 Å². The molecule has 3 rings (SSSR count). The minimum absolute atomic E-state index is 0.172. The molecule has 0 fully saturated rings. The third-order valence-corrected chi connectivity index (χ3v) is 5.69. The zero-order valence-corrected chi connectivity index (χ0v) is 18.7. The van der Waals surface area contributed by atoms with Crippen LogP contribution >= 0.6 is 15.9 Å². The number of amides is 2. The lowest BCUT2D eigenvalue weighted by Gasteiger charge is -2.13. The van der Waals surface area contributed by atoms with E-state index in [1.165, 1.54) is 5.56 Å². The van der Waals surface area contributed by atoms with Crippen molar-refractivity contribution in [2.75, 3.05) is 6.61 Å². The van der Waals surface area contributed by atoms with Gasteiger partial charge in [-0.25, -0.2) is 0 Å². The highest BCUT2D eigenvalue weighted by Crippen LogP contribution is 2.30. The Morgan fingerprint density at radius 1 is 1.00 bits per heavy atom. The molecule has 3 aromatic carbocycles. The van der Waals surface area contributed by atoms with Crippen LogP contribution in [0.15, 0.2) is 65.1 Å². The van der Waals surface area contributed by atoms with Gasteiger partial charge in [0.05, 0.1) is 10.9 Å². The first kappa shape index (κ1) is 21.8. The third-order valence-electron chi connectivity index (χ3n) is 5.07. The number of halogens is 1. The quantitative estimate of drug-likeness (QED) is 0.485. The molecule has 2 amide bonds. The minimum atomic E-state index is -0.431. The highest BCUT2D eigenvalue weighted by molar-refractivity contribution is 9.10. The normalized spacial score (nSPS) is 11.7. The van der Waals surface area contributed by atoms with Gasteiger partial charge in [-0.05, 0) is 62.3 Å². The van der Waals surface area contributed by atoms with Crippen molar-refractivity contribution >= 4 is 38.5 Å². The van der Waals surface area contributed by atoms with Crippen molar-refractivity contribution in [1.29, 1.82) is 0 Å². The number of hydrazine groups is 1. The van der Waals surface area contributed by atoms with Crippen molar-refractivity contribution in [3.05, 3.63) is 76.3 Å². The van der Waals surface area contributed by atoms with Gasteiger partial charge in [-0.2, -0.15) is 0 Å². The topological polar surface area (TPSA) is 67.4 Å². The molecule has 3 aromatic rings. The Kier molecular flexibility index (Phi) is 7.46. The van der Waals surface area contributed by atoms with Crippen LogP contribution in [0.3, 0.4) is 0 Å². The van der Waals surface area contributed by atoms with Gasteiger partial charge in [0.2, 0.25) is 5.91 Å². The van der Waals surface area contributed by atoms with Crippen LogP contribution in [-0.2, 0) is 16.0 Å². The largest absolute Gasteiger partial charge is 0.483 e. The second-order valence-electron chi connectivity index (χ2n) is 7.20. The number of ether oxygens (including phenoxy) is 1. The van der Waals surface area contributed by atoms with E-state index in [0.717, 1.165) is 27.2 Å². The number of carbonyl (C=O) groups is 2. The highest BCUT2D eigenvalue weighted by Gasteiger charge is 2.11. The van der Waals surface area contributed by atoms with Crippen molar-refractivity contribution in [2.24, 2.45) is 0 Å². The number of benzene rings is 3. The van der Waals surface area contributed by atoms with Gasteiger partial charge in [0.15, 0.2) is 6.61 Å². The molecule has 2 N–H and O–H groups in total. The van der Waals surface area contributed by atoms with Gasteiger partial charge in [0.25, 0.3) is 5.91 Å². The van der Waals surface area contributed by atoms with Crippen LogP contribution in [0.5, 0.6) is 5.75 Å². The maximum atomic E-state index is 12.2. The van der Waals surface area contributed by atoms with Gasteiger partial charge in [0, 0.05) is 0 Å². The summed E-state index contributed by atoms with van der Waals surface area (Å²) >= 11 is 3.49. The predicted molar refractivity (Wildman–Crippen MR) is 122 cm³/mol. The fourth-order valence-electron chi connectivity index (χ4n) is 3.16. The fourth-order valence-corrected chi connectivity index (χ4v) is 3.67. The van der Waals surface area contributed by atoms with Crippen LogP contribution in [0.4, 0.5) is 0 Å². The number of hydrogen-bond donors (Lipinski definition) is 2. The molecule has 6 heteroatoms. The minimum Gasteiger partial charge on any atom is -0.483 e. The van der Waals surface area contributed by atoms with E-state index in [1.54, 1.807) is 0 Å². The lowest BCUT2D eigenvalue weighted by molar-refractivity contribution is -0.129. The van der Waals surface area contributed by atoms with Crippen LogP contribution in [-0.4, -0.2) is 18.4 Å². The van der Waals surface area contributed by atoms with E-state index in [0.29, 0.717) is 11.7 Å². The molecule has 30 heavy (non-hydrogen) atoms. The van der Waals surface area contributed by atoms with E-state index in [-0.39, 0.29) is 18.9 Å². The number of rotatable bonds is 7. The summed E-state index contributed by atoms with van der Waals surface area (Å²) in [5.74, 6) is 0.313. The van der Waals surface area contributed by atoms with Gasteiger partial charge >= 0.3 is 0 Å². The summed E-state index contributed by atoms with van der Waals surface area (Å²) in [7, 11) is 0. The Morgan fingerprint density at radius 2 is 1.73 bits per heavy atom. The molecule has 0 aliphatic carbocycles. The summed E-state index contributed by atoms with van der Waals surface area (Å²) in [4.78, 5) is 24.3. The molecule has 0 spiro atoms. The second-order valence-corrected chi connectivity index (χ2v) is 8.05. The molecule has 5 nitrogen and oxygen atoms in total. The summed E-state index contributed by atoms with van der Waals surface area (Å²) in [6, 6.07) is 19.6. The van der Waals surface area contributed by atoms with Gasteiger partial charge < -0.3 is 4.74 Å². The SMILES string of the molecule is CCC(C)c1ccc(OCC(=O)NNC(=O)Cc2cccc3ccccc23)c(Br)c1. The summed E-state index contributed by atoms with van der Waals surface area (Å²) < 4.78 is 6.36. The van der Waals surface area contributed by atoms with Crippen LogP contribution < -0.4 is 15.6 Å². The zero-order valence-electron chi connectivity index (χ0n) is 17.1. The Bertz CT molecular complexity index is 1050. The summed E-state index contributed by atoms with van der Waals surface area (Å²) in [5, 5.41) is 2.10. The van der Waals surface area contributed by atoms with Crippen LogP contribution in [0.25, 0.3) is 10.8 Å². The molecular weight excluding hydrogens is 444 g/mol. The van der Waals surface area contributed by atoms with E-state index in [2.05, 4.69) is 40.6 Å². The standard InChI is InChI=1S/C24H25BrN2O3/c1-3-16(2)18-11-12-22(21(25)13-18)30-15-24(29)27-26-23(28)14-19-9-6-8-17-7-4-5-10-20(17)19/h4-13,16H,3,14-15H2,1-2H3,(H,26,28)(H,27,29). The third kappa shape index (κ3) is 5.60. The van der Waals surface area contributed by atoms with Crippen molar-refractivity contribution in [3.8, 4) is 5.75 Å². The van der Waals surface area contributed by atoms with Crippen LogP contribution in [0.1, 0.15) is 37.3 Å². The van der Waals surface area contributed by atoms with Gasteiger partial charge in [-0.1, -0.05) is 62.4 Å². The molecular formula is C24H25BrN2O3. The number of fused-ring (bicyclic) bond motifs is 1. The number of hydrogen-bond acceptors (Lipinski definition) is 3. The Labute approximate surface area is 184 Å². The Hall–Kier alpha value is -2.86. The fraction of sp³-hybridized carbons (Fsp3) is 0.250. The first-order chi connectivity index (χ1) is 14.5. The lowest BCUT2D eigenvalue weighted by atomic mass is 9.99. The molecule has 0 radical (unpaired) electrons. The molecule has 156 valence electrons. The Morgan fingerprint density at radius 3 is 2.50 bits per heavy atom. The average molecular weight is 469 g/mol. The maximum Gasteiger partial charge on any atom is 0.276 e. The van der Waals surface area contributed by atoms with E-state index < -0.39 is 5.91 Å². The molecule has 1 unspecified atom stereocenters. The zero-order chi connectivity index (χ0) is 21.5. The molecule has 0 saturated heterocycles. The smallest absolute Gasteiger partial charge is 0.276 e. The summed E-state index contributed by atoms with van der Waals surface area (Å²) in [6.45, 7) is 4.11. The maximum absolute atomic E-state index is 12.2. The summed E-state index contributed by atoms with van der Waals surface area (Å²) in [5.41, 5.74) is 6.96. The molecule has 0 aromatic heterocycles. The number of nitrogens with one attached hydrogen (secondary N) is 2. The highest BCUT2D eigenvalue weighted by atomic mass is 79.9. The molecule has 0 saturated carbocycles. The average Bonchev–Trinajstić information content (AvgIpc) is 2.76. The van der Waals surface area contributed by atoms with Gasteiger partial charge in [-0.15, -0.1) is 0 Å². The van der Waals surface area contributed by atoms with E-state index in [4.69, 9.17) is 4.74 Å². The molecule has 1 atom stereocenters. The van der Waals surface area contributed by atoms with Crippen molar-refractivity contribution in [1.82, 2.24) is 10.9 Å². The molecule has 0 heterocycles. The molecule has 0 aliphatic heterocycles. The summed E-state index contributed by atoms with van der Waals surface area (Å²) in [6.07, 6.45) is 1.22. The Balaban J connectivity index is 1.49.